The van der Waals surface area contributed by atoms with Gasteiger partial charge in [0.05, 0.1) is 0 Å². The molecule has 0 aliphatic carbocycles. The molecule has 4 nitrogen and oxygen atoms in total. The van der Waals surface area contributed by atoms with Crippen molar-refractivity contribution in [1.82, 2.24) is 5.32 Å². The summed E-state index contributed by atoms with van der Waals surface area (Å²) in [6, 6.07) is 3.84. The van der Waals surface area contributed by atoms with Crippen molar-refractivity contribution >= 4 is 11.7 Å². The summed E-state index contributed by atoms with van der Waals surface area (Å²) in [6.07, 6.45) is 0.550. The zero-order valence-electron chi connectivity index (χ0n) is 11.5. The van der Waals surface area contributed by atoms with Gasteiger partial charge in [0.1, 0.15) is 17.3 Å². The topological polar surface area (TPSA) is 59.3 Å². The number of aryl methyl sites for hydroxylation is 1. The number of rotatable bonds is 6. The lowest BCUT2D eigenvalue weighted by molar-refractivity contribution is -0.124. The van der Waals surface area contributed by atoms with Gasteiger partial charge in [0.2, 0.25) is 5.91 Å². The predicted octanol–water partition coefficient (Wildman–Crippen LogP) is 2.35. The van der Waals surface area contributed by atoms with Gasteiger partial charge in [-0.3, -0.25) is 4.79 Å². The minimum absolute atomic E-state index is 0.0334. The van der Waals surface area contributed by atoms with E-state index in [1.165, 1.54) is 6.92 Å². The SMILES string of the molecule is CC(=O)CCC(=O)NCC(C)(C)c1ccc(C)o1. The van der Waals surface area contributed by atoms with E-state index in [4.69, 9.17) is 4.42 Å². The van der Waals surface area contributed by atoms with Gasteiger partial charge in [-0.15, -0.1) is 0 Å². The Labute approximate surface area is 108 Å². The van der Waals surface area contributed by atoms with Gasteiger partial charge in [-0.2, -0.15) is 0 Å². The molecule has 0 aliphatic heterocycles. The van der Waals surface area contributed by atoms with Crippen LogP contribution in [0.1, 0.15) is 45.1 Å². The molecule has 0 atom stereocenters. The lowest BCUT2D eigenvalue weighted by Crippen LogP contribution is -2.36. The van der Waals surface area contributed by atoms with Gasteiger partial charge >= 0.3 is 0 Å². The van der Waals surface area contributed by atoms with E-state index < -0.39 is 0 Å². The fraction of sp³-hybridized carbons (Fsp3) is 0.571. The lowest BCUT2D eigenvalue weighted by atomic mass is 9.90. The van der Waals surface area contributed by atoms with E-state index in [-0.39, 0.29) is 23.5 Å². The Kier molecular flexibility index (Phi) is 4.70. The minimum Gasteiger partial charge on any atom is -0.466 e. The molecule has 0 spiro atoms. The number of amides is 1. The first-order valence-electron chi connectivity index (χ1n) is 6.14. The lowest BCUT2D eigenvalue weighted by Gasteiger charge is -2.22. The minimum atomic E-state index is -0.250. The molecule has 1 amide bonds. The number of carbonyl (C=O) groups excluding carboxylic acids is 2. The van der Waals surface area contributed by atoms with Crippen molar-refractivity contribution in [2.75, 3.05) is 6.54 Å². The fourth-order valence-corrected chi connectivity index (χ4v) is 1.58. The Balaban J connectivity index is 2.46. The Bertz CT molecular complexity index is 432. The average molecular weight is 251 g/mol. The van der Waals surface area contributed by atoms with Crippen molar-refractivity contribution in [2.45, 2.75) is 46.0 Å². The van der Waals surface area contributed by atoms with E-state index in [1.54, 1.807) is 0 Å². The van der Waals surface area contributed by atoms with Crippen molar-refractivity contribution in [2.24, 2.45) is 0 Å². The van der Waals surface area contributed by atoms with Crippen LogP contribution in [-0.2, 0) is 15.0 Å². The van der Waals surface area contributed by atoms with E-state index >= 15 is 0 Å². The first-order valence-corrected chi connectivity index (χ1v) is 6.14. The highest BCUT2D eigenvalue weighted by Gasteiger charge is 2.24. The molecule has 1 rings (SSSR count). The highest BCUT2D eigenvalue weighted by atomic mass is 16.3. The molecule has 1 aromatic rings. The van der Waals surface area contributed by atoms with Crippen LogP contribution in [-0.4, -0.2) is 18.2 Å². The smallest absolute Gasteiger partial charge is 0.220 e. The van der Waals surface area contributed by atoms with Crippen molar-refractivity contribution in [3.05, 3.63) is 23.7 Å². The van der Waals surface area contributed by atoms with Crippen LogP contribution < -0.4 is 5.32 Å². The normalized spacial score (nSPS) is 11.3. The number of furan rings is 1. The molecule has 100 valence electrons. The maximum atomic E-state index is 11.5. The molecule has 0 bridgehead atoms. The van der Waals surface area contributed by atoms with Crippen molar-refractivity contribution < 1.29 is 14.0 Å². The maximum absolute atomic E-state index is 11.5. The monoisotopic (exact) mass is 251 g/mol. The Morgan fingerprint density at radius 1 is 1.28 bits per heavy atom. The summed E-state index contributed by atoms with van der Waals surface area (Å²) in [7, 11) is 0. The Morgan fingerprint density at radius 2 is 1.94 bits per heavy atom. The Morgan fingerprint density at radius 3 is 2.44 bits per heavy atom. The van der Waals surface area contributed by atoms with Gasteiger partial charge in [0, 0.05) is 24.8 Å². The summed E-state index contributed by atoms with van der Waals surface area (Å²) in [6.45, 7) is 7.90. The summed E-state index contributed by atoms with van der Waals surface area (Å²) in [4.78, 5) is 22.3. The molecule has 0 unspecified atom stereocenters. The van der Waals surface area contributed by atoms with Crippen LogP contribution in [0.5, 0.6) is 0 Å². The highest BCUT2D eigenvalue weighted by molar-refractivity contribution is 5.83. The van der Waals surface area contributed by atoms with E-state index in [0.717, 1.165) is 11.5 Å². The van der Waals surface area contributed by atoms with Crippen molar-refractivity contribution in [1.29, 1.82) is 0 Å². The molecule has 0 aromatic carbocycles. The number of ketones is 1. The van der Waals surface area contributed by atoms with Crippen LogP contribution in [0.25, 0.3) is 0 Å². The molecule has 0 fully saturated rings. The second-order valence-electron chi connectivity index (χ2n) is 5.27. The van der Waals surface area contributed by atoms with Crippen LogP contribution in [0.3, 0.4) is 0 Å². The first-order chi connectivity index (χ1) is 8.31. The number of hydrogen-bond acceptors (Lipinski definition) is 3. The molecule has 0 saturated heterocycles. The van der Waals surface area contributed by atoms with Gasteiger partial charge < -0.3 is 14.5 Å². The predicted molar refractivity (Wildman–Crippen MR) is 69.4 cm³/mol. The zero-order valence-corrected chi connectivity index (χ0v) is 11.5. The third-order valence-corrected chi connectivity index (χ3v) is 2.84. The van der Waals surface area contributed by atoms with E-state index in [2.05, 4.69) is 5.32 Å². The quantitative estimate of drug-likeness (QED) is 0.844. The van der Waals surface area contributed by atoms with Gasteiger partial charge in [-0.25, -0.2) is 0 Å². The van der Waals surface area contributed by atoms with E-state index in [1.807, 2.05) is 32.9 Å². The summed E-state index contributed by atoms with van der Waals surface area (Å²) in [5.41, 5.74) is -0.250. The molecular weight excluding hydrogens is 230 g/mol. The molecule has 4 heteroatoms. The third-order valence-electron chi connectivity index (χ3n) is 2.84. The summed E-state index contributed by atoms with van der Waals surface area (Å²) in [5, 5.41) is 2.83. The number of Topliss-reactive ketones (excluding diaryl/α,β-unsaturated/α-hetero) is 1. The average Bonchev–Trinajstić information content (AvgIpc) is 2.71. The van der Waals surface area contributed by atoms with Crippen molar-refractivity contribution in [3.8, 4) is 0 Å². The number of hydrogen-bond donors (Lipinski definition) is 1. The first kappa shape index (κ1) is 14.5. The molecule has 1 aromatic heterocycles. The Hall–Kier alpha value is -1.58. The molecular formula is C14H21NO3. The van der Waals surface area contributed by atoms with E-state index in [0.29, 0.717) is 13.0 Å². The molecule has 1 N–H and O–H groups in total. The van der Waals surface area contributed by atoms with Crippen LogP contribution in [0.15, 0.2) is 16.5 Å². The largest absolute Gasteiger partial charge is 0.466 e. The second-order valence-corrected chi connectivity index (χ2v) is 5.27. The van der Waals surface area contributed by atoms with Crippen LogP contribution in [0.4, 0.5) is 0 Å². The van der Waals surface area contributed by atoms with Gasteiger partial charge in [0.15, 0.2) is 0 Å². The number of nitrogens with one attached hydrogen (secondary N) is 1. The summed E-state index contributed by atoms with van der Waals surface area (Å²) < 4.78 is 5.57. The third kappa shape index (κ3) is 4.35. The highest BCUT2D eigenvalue weighted by Crippen LogP contribution is 2.24. The molecule has 18 heavy (non-hydrogen) atoms. The number of carbonyl (C=O) groups is 2. The zero-order chi connectivity index (χ0) is 13.8. The van der Waals surface area contributed by atoms with Gasteiger partial charge in [-0.05, 0) is 26.0 Å². The molecule has 1 heterocycles. The van der Waals surface area contributed by atoms with E-state index in [9.17, 15) is 9.59 Å². The summed E-state index contributed by atoms with van der Waals surface area (Å²) >= 11 is 0. The second kappa shape index (κ2) is 5.85. The van der Waals surface area contributed by atoms with Crippen molar-refractivity contribution in [3.63, 3.8) is 0 Å². The van der Waals surface area contributed by atoms with Gasteiger partial charge in [0.25, 0.3) is 0 Å². The van der Waals surface area contributed by atoms with Crippen LogP contribution in [0.2, 0.25) is 0 Å². The van der Waals surface area contributed by atoms with Crippen LogP contribution >= 0.6 is 0 Å². The molecule has 0 aliphatic rings. The maximum Gasteiger partial charge on any atom is 0.220 e. The molecule has 0 saturated carbocycles. The standard InChI is InChI=1S/C14H21NO3/c1-10(16)5-8-13(17)15-9-14(3,4)12-7-6-11(2)18-12/h6-7H,5,8-9H2,1-4H3,(H,15,17). The van der Waals surface area contributed by atoms with Gasteiger partial charge in [-0.1, -0.05) is 13.8 Å². The summed E-state index contributed by atoms with van der Waals surface area (Å²) in [5.74, 6) is 1.65. The fourth-order valence-electron chi connectivity index (χ4n) is 1.58. The molecule has 0 radical (unpaired) electrons. The van der Waals surface area contributed by atoms with Crippen LogP contribution in [0, 0.1) is 6.92 Å².